The summed E-state index contributed by atoms with van der Waals surface area (Å²) in [4.78, 5) is 29.7. The highest BCUT2D eigenvalue weighted by molar-refractivity contribution is 5.87. The summed E-state index contributed by atoms with van der Waals surface area (Å²) in [5.74, 6) is -0.289. The molecule has 2 aliphatic heterocycles. The highest BCUT2D eigenvalue weighted by atomic mass is 16.2. The van der Waals surface area contributed by atoms with Crippen LogP contribution in [0, 0.1) is 0 Å². The Morgan fingerprint density at radius 1 is 0.967 bits per heavy atom. The lowest BCUT2D eigenvalue weighted by Crippen LogP contribution is -2.54. The van der Waals surface area contributed by atoms with Crippen molar-refractivity contribution in [3.63, 3.8) is 0 Å². The minimum Gasteiger partial charge on any atom is -0.369 e. The third-order valence-corrected chi connectivity index (χ3v) is 7.66. The summed E-state index contributed by atoms with van der Waals surface area (Å²) in [7, 11) is 0. The summed E-state index contributed by atoms with van der Waals surface area (Å²) >= 11 is 0. The van der Waals surface area contributed by atoms with E-state index < -0.39 is 5.41 Å². The molecule has 0 radical (unpaired) electrons. The highest BCUT2D eigenvalue weighted by Crippen LogP contribution is 2.35. The topological polar surface area (TPSA) is 78.7 Å². The maximum absolute atomic E-state index is 12.8. The van der Waals surface area contributed by atoms with Gasteiger partial charge in [-0.3, -0.25) is 9.69 Å². The highest BCUT2D eigenvalue weighted by Gasteiger charge is 2.42. The number of rotatable bonds is 5. The van der Waals surface area contributed by atoms with Crippen LogP contribution in [0.1, 0.15) is 63.4 Å². The number of nitrogens with two attached hydrogens (primary N) is 1. The molecule has 3 N–H and O–H groups in total. The van der Waals surface area contributed by atoms with Crippen molar-refractivity contribution in [2.45, 2.75) is 75.3 Å². The van der Waals surface area contributed by atoms with Gasteiger partial charge in [0.1, 0.15) is 0 Å². The van der Waals surface area contributed by atoms with E-state index in [1.54, 1.807) is 0 Å². The summed E-state index contributed by atoms with van der Waals surface area (Å²) in [6.07, 6.45) is 10.3. The summed E-state index contributed by atoms with van der Waals surface area (Å²) in [5.41, 5.74) is 6.12. The van der Waals surface area contributed by atoms with Crippen LogP contribution in [0.3, 0.4) is 0 Å². The molecule has 2 saturated heterocycles. The van der Waals surface area contributed by atoms with Crippen LogP contribution in [-0.4, -0.2) is 60.0 Å². The fraction of sp³-hybridized carbons (Fsp3) is 0.667. The third kappa shape index (κ3) is 4.34. The number of benzene rings is 1. The van der Waals surface area contributed by atoms with E-state index in [0.717, 1.165) is 12.1 Å². The molecule has 0 aromatic heterocycles. The van der Waals surface area contributed by atoms with Gasteiger partial charge in [-0.25, -0.2) is 4.79 Å². The first-order valence-corrected chi connectivity index (χ1v) is 11.7. The van der Waals surface area contributed by atoms with E-state index in [4.69, 9.17) is 5.73 Å². The summed E-state index contributed by atoms with van der Waals surface area (Å²) in [5, 5.41) is 3.19. The number of likely N-dealkylation sites (tertiary alicyclic amines) is 2. The molecule has 1 aromatic rings. The average molecular weight is 413 g/mol. The quantitative estimate of drug-likeness (QED) is 0.780. The second-order valence-electron chi connectivity index (χ2n) is 9.31. The van der Waals surface area contributed by atoms with Gasteiger partial charge in [0.05, 0.1) is 5.41 Å². The Morgan fingerprint density at radius 3 is 2.33 bits per heavy atom. The van der Waals surface area contributed by atoms with Crippen LogP contribution in [0.15, 0.2) is 30.3 Å². The van der Waals surface area contributed by atoms with E-state index in [2.05, 4.69) is 10.2 Å². The Kier molecular flexibility index (Phi) is 6.61. The zero-order valence-corrected chi connectivity index (χ0v) is 18.0. The zero-order valence-electron chi connectivity index (χ0n) is 18.0. The van der Waals surface area contributed by atoms with Crippen LogP contribution in [0.2, 0.25) is 0 Å². The Labute approximate surface area is 180 Å². The number of urea groups is 1. The van der Waals surface area contributed by atoms with E-state index >= 15 is 0 Å². The Balaban J connectivity index is 1.30. The summed E-state index contributed by atoms with van der Waals surface area (Å²) in [6, 6.07) is 11.0. The summed E-state index contributed by atoms with van der Waals surface area (Å²) < 4.78 is 0. The molecular formula is C24H36N4O2. The van der Waals surface area contributed by atoms with Crippen LogP contribution in [0.5, 0.6) is 0 Å². The Bertz CT molecular complexity index is 724. The monoisotopic (exact) mass is 412 g/mol. The van der Waals surface area contributed by atoms with Crippen LogP contribution in [0.4, 0.5) is 4.79 Å². The van der Waals surface area contributed by atoms with Gasteiger partial charge >= 0.3 is 6.03 Å². The molecule has 164 valence electrons. The fourth-order valence-electron chi connectivity index (χ4n) is 5.81. The van der Waals surface area contributed by atoms with E-state index in [-0.39, 0.29) is 11.9 Å². The van der Waals surface area contributed by atoms with Gasteiger partial charge in [-0.1, -0.05) is 49.6 Å². The van der Waals surface area contributed by atoms with Crippen molar-refractivity contribution in [1.29, 1.82) is 0 Å². The number of carbonyl (C=O) groups is 2. The molecule has 1 aliphatic carbocycles. The second-order valence-corrected chi connectivity index (χ2v) is 9.31. The number of hydrogen-bond donors (Lipinski definition) is 2. The molecular weight excluding hydrogens is 376 g/mol. The number of nitrogens with zero attached hydrogens (tertiary/aromatic N) is 2. The first-order chi connectivity index (χ1) is 14.6. The number of primary amides is 1. The van der Waals surface area contributed by atoms with Crippen molar-refractivity contribution in [2.75, 3.05) is 26.2 Å². The van der Waals surface area contributed by atoms with Crippen LogP contribution in [-0.2, 0) is 10.2 Å². The molecule has 2 heterocycles. The number of amides is 3. The maximum atomic E-state index is 12.8. The molecule has 6 heteroatoms. The molecule has 3 fully saturated rings. The normalized spacial score (nSPS) is 25.2. The minimum absolute atomic E-state index is 0.00312. The maximum Gasteiger partial charge on any atom is 0.317 e. The van der Waals surface area contributed by atoms with Crippen molar-refractivity contribution in [3.05, 3.63) is 35.9 Å². The van der Waals surface area contributed by atoms with Gasteiger partial charge in [0.15, 0.2) is 0 Å². The predicted molar refractivity (Wildman–Crippen MR) is 118 cm³/mol. The molecule has 30 heavy (non-hydrogen) atoms. The van der Waals surface area contributed by atoms with Gasteiger partial charge in [-0.2, -0.15) is 0 Å². The predicted octanol–water partition coefficient (Wildman–Crippen LogP) is 3.01. The number of nitrogens with one attached hydrogen (secondary N) is 1. The fourth-order valence-corrected chi connectivity index (χ4v) is 5.81. The third-order valence-electron chi connectivity index (χ3n) is 7.66. The van der Waals surface area contributed by atoms with Gasteiger partial charge in [-0.05, 0) is 50.6 Å². The minimum atomic E-state index is -0.665. The van der Waals surface area contributed by atoms with Gasteiger partial charge in [0, 0.05) is 31.7 Å². The molecule has 1 saturated carbocycles. The average Bonchev–Trinajstić information content (AvgIpc) is 3.27. The van der Waals surface area contributed by atoms with Crippen LogP contribution in [0.25, 0.3) is 0 Å². The summed E-state index contributed by atoms with van der Waals surface area (Å²) in [6.45, 7) is 3.01. The van der Waals surface area contributed by atoms with Crippen molar-refractivity contribution in [3.8, 4) is 0 Å². The van der Waals surface area contributed by atoms with Crippen LogP contribution >= 0.6 is 0 Å². The second kappa shape index (κ2) is 9.38. The first kappa shape index (κ1) is 21.2. The molecule has 6 nitrogen and oxygen atoms in total. The van der Waals surface area contributed by atoms with E-state index in [0.29, 0.717) is 38.0 Å². The number of carbonyl (C=O) groups excluding carboxylic acids is 2. The van der Waals surface area contributed by atoms with E-state index in [1.807, 2.05) is 35.2 Å². The van der Waals surface area contributed by atoms with Gasteiger partial charge in [0.2, 0.25) is 5.91 Å². The molecule has 0 bridgehead atoms. The molecule has 1 aromatic carbocycles. The molecule has 1 unspecified atom stereocenters. The smallest absolute Gasteiger partial charge is 0.317 e. The lowest BCUT2D eigenvalue weighted by Gasteiger charge is -2.40. The van der Waals surface area contributed by atoms with Gasteiger partial charge < -0.3 is 16.0 Å². The number of hydrogen-bond acceptors (Lipinski definition) is 3. The molecule has 3 amide bonds. The van der Waals surface area contributed by atoms with Crippen molar-refractivity contribution >= 4 is 11.9 Å². The van der Waals surface area contributed by atoms with Gasteiger partial charge in [-0.15, -0.1) is 0 Å². The van der Waals surface area contributed by atoms with Crippen LogP contribution < -0.4 is 11.1 Å². The lowest BCUT2D eigenvalue weighted by molar-refractivity contribution is -0.125. The molecule has 0 spiro atoms. The SMILES string of the molecule is NC(=O)C1(c2ccccc2)CCN(C(=O)NCC2CCCN2C2CCCCC2)CC1. The molecule has 3 aliphatic rings. The van der Waals surface area contributed by atoms with E-state index in [9.17, 15) is 9.59 Å². The standard InChI is InChI=1S/C24H36N4O2/c25-22(29)24(19-8-3-1-4-9-19)13-16-27(17-14-24)23(30)26-18-21-12-7-15-28(21)20-10-5-2-6-11-20/h1,3-4,8-9,20-21H,2,5-7,10-18H2,(H2,25,29)(H,26,30). The molecule has 1 atom stereocenters. The van der Waals surface area contributed by atoms with Crippen molar-refractivity contribution in [1.82, 2.24) is 15.1 Å². The van der Waals surface area contributed by atoms with Crippen molar-refractivity contribution in [2.24, 2.45) is 5.73 Å². The largest absolute Gasteiger partial charge is 0.369 e. The first-order valence-electron chi connectivity index (χ1n) is 11.7. The number of piperidine rings is 1. The van der Waals surface area contributed by atoms with Gasteiger partial charge in [0.25, 0.3) is 0 Å². The Hall–Kier alpha value is -2.08. The lowest BCUT2D eigenvalue weighted by atomic mass is 9.72. The van der Waals surface area contributed by atoms with Crippen molar-refractivity contribution < 1.29 is 9.59 Å². The van der Waals surface area contributed by atoms with E-state index in [1.165, 1.54) is 51.5 Å². The Morgan fingerprint density at radius 2 is 1.67 bits per heavy atom. The zero-order chi connectivity index (χ0) is 21.0. The molecule has 4 rings (SSSR count).